The van der Waals surface area contributed by atoms with E-state index < -0.39 is 0 Å². The molecule has 0 fully saturated rings. The van der Waals surface area contributed by atoms with Crippen LogP contribution in [0.2, 0.25) is 0 Å². The third-order valence-corrected chi connectivity index (χ3v) is 3.57. The summed E-state index contributed by atoms with van der Waals surface area (Å²) in [4.78, 5) is 0. The van der Waals surface area contributed by atoms with Gasteiger partial charge >= 0.3 is 0 Å². The highest BCUT2D eigenvalue weighted by atomic mass is 79.9. The molecule has 0 amide bonds. The number of hydrogen-bond acceptors (Lipinski definition) is 2. The highest BCUT2D eigenvalue weighted by Gasteiger charge is 2.12. The molecular weight excluding hydrogens is 266 g/mol. The fourth-order valence-corrected chi connectivity index (χ4v) is 2.53. The fourth-order valence-electron chi connectivity index (χ4n) is 1.76. The maximum atomic E-state index is 4.59. The van der Waals surface area contributed by atoms with E-state index in [1.165, 1.54) is 22.3 Å². The number of aryl methyl sites for hydroxylation is 2. The van der Waals surface area contributed by atoms with Crippen LogP contribution in [0.4, 0.5) is 0 Å². The van der Waals surface area contributed by atoms with E-state index in [1.54, 1.807) is 0 Å². The molecule has 16 heavy (non-hydrogen) atoms. The Hall–Kier alpha value is -0.350. The third-order valence-electron chi connectivity index (χ3n) is 2.66. The SMILES string of the molecule is CCCNCCc1c(Br)c(CC)nn1CC. The lowest BCUT2D eigenvalue weighted by atomic mass is 10.2. The van der Waals surface area contributed by atoms with E-state index in [1.807, 2.05) is 0 Å². The molecule has 0 aliphatic carbocycles. The zero-order valence-electron chi connectivity index (χ0n) is 10.5. The van der Waals surface area contributed by atoms with Crippen LogP contribution in [0.1, 0.15) is 38.6 Å². The molecule has 0 aliphatic heterocycles. The lowest BCUT2D eigenvalue weighted by molar-refractivity contribution is 0.590. The molecule has 0 aromatic carbocycles. The van der Waals surface area contributed by atoms with E-state index in [0.717, 1.165) is 32.5 Å². The average molecular weight is 288 g/mol. The van der Waals surface area contributed by atoms with Gasteiger partial charge in [-0.25, -0.2) is 0 Å². The van der Waals surface area contributed by atoms with Crippen LogP contribution in [0.15, 0.2) is 4.47 Å². The van der Waals surface area contributed by atoms with Gasteiger partial charge in [-0.15, -0.1) is 0 Å². The van der Waals surface area contributed by atoms with Gasteiger partial charge in [0.2, 0.25) is 0 Å². The number of nitrogens with one attached hydrogen (secondary N) is 1. The average Bonchev–Trinajstić information content (AvgIpc) is 2.61. The Morgan fingerprint density at radius 1 is 1.25 bits per heavy atom. The lowest BCUT2D eigenvalue weighted by Gasteiger charge is -2.06. The number of nitrogens with zero attached hydrogens (tertiary/aromatic N) is 2. The lowest BCUT2D eigenvalue weighted by Crippen LogP contribution is -2.19. The highest BCUT2D eigenvalue weighted by molar-refractivity contribution is 9.10. The van der Waals surface area contributed by atoms with Crippen molar-refractivity contribution in [2.75, 3.05) is 13.1 Å². The second-order valence-electron chi connectivity index (χ2n) is 3.88. The first kappa shape index (κ1) is 13.7. The molecule has 0 spiro atoms. The summed E-state index contributed by atoms with van der Waals surface area (Å²) in [5, 5.41) is 8.02. The number of halogens is 1. The molecule has 1 aromatic heterocycles. The van der Waals surface area contributed by atoms with Gasteiger partial charge in [0, 0.05) is 19.5 Å². The molecule has 0 saturated carbocycles. The third kappa shape index (κ3) is 3.32. The Balaban J connectivity index is 2.65. The van der Waals surface area contributed by atoms with Gasteiger partial charge in [-0.2, -0.15) is 5.10 Å². The number of aromatic nitrogens is 2. The molecular formula is C12H22BrN3. The van der Waals surface area contributed by atoms with Crippen molar-refractivity contribution in [2.24, 2.45) is 0 Å². The molecule has 0 bridgehead atoms. The van der Waals surface area contributed by atoms with Crippen LogP contribution in [0.25, 0.3) is 0 Å². The van der Waals surface area contributed by atoms with Crippen molar-refractivity contribution in [2.45, 2.75) is 46.6 Å². The summed E-state index contributed by atoms with van der Waals surface area (Å²) in [5.41, 5.74) is 2.50. The molecule has 0 aliphatic rings. The normalized spacial score (nSPS) is 11.0. The fraction of sp³-hybridized carbons (Fsp3) is 0.750. The number of hydrogen-bond donors (Lipinski definition) is 1. The van der Waals surface area contributed by atoms with Crippen molar-refractivity contribution in [3.8, 4) is 0 Å². The van der Waals surface area contributed by atoms with E-state index in [4.69, 9.17) is 0 Å². The van der Waals surface area contributed by atoms with Crippen molar-refractivity contribution in [3.63, 3.8) is 0 Å². The summed E-state index contributed by atoms with van der Waals surface area (Å²) in [6, 6.07) is 0. The molecule has 0 unspecified atom stereocenters. The standard InChI is InChI=1S/C12H22BrN3/c1-4-8-14-9-7-11-12(13)10(5-2)15-16(11)6-3/h14H,4-9H2,1-3H3. The Kier molecular flexibility index (Phi) is 6.06. The zero-order chi connectivity index (χ0) is 12.0. The maximum absolute atomic E-state index is 4.59. The Morgan fingerprint density at radius 2 is 2.00 bits per heavy atom. The maximum Gasteiger partial charge on any atom is 0.0766 e. The van der Waals surface area contributed by atoms with Crippen LogP contribution < -0.4 is 5.32 Å². The quantitative estimate of drug-likeness (QED) is 0.782. The Bertz CT molecular complexity index is 320. The predicted molar refractivity (Wildman–Crippen MR) is 71.8 cm³/mol. The summed E-state index contributed by atoms with van der Waals surface area (Å²) < 4.78 is 3.31. The topological polar surface area (TPSA) is 29.9 Å². The first-order valence-electron chi connectivity index (χ1n) is 6.19. The monoisotopic (exact) mass is 287 g/mol. The van der Waals surface area contributed by atoms with Crippen molar-refractivity contribution in [1.82, 2.24) is 15.1 Å². The van der Waals surface area contributed by atoms with Gasteiger partial charge in [0.1, 0.15) is 0 Å². The minimum atomic E-state index is 0.946. The summed E-state index contributed by atoms with van der Waals surface area (Å²) in [7, 11) is 0. The van der Waals surface area contributed by atoms with Crippen LogP contribution >= 0.6 is 15.9 Å². The minimum Gasteiger partial charge on any atom is -0.316 e. The Labute approximate surface area is 107 Å². The highest BCUT2D eigenvalue weighted by Crippen LogP contribution is 2.22. The van der Waals surface area contributed by atoms with Crippen LogP contribution in [-0.4, -0.2) is 22.9 Å². The molecule has 3 nitrogen and oxygen atoms in total. The predicted octanol–water partition coefficient (Wildman–Crippen LogP) is 2.77. The van der Waals surface area contributed by atoms with E-state index in [0.29, 0.717) is 0 Å². The van der Waals surface area contributed by atoms with Crippen molar-refractivity contribution < 1.29 is 0 Å². The van der Waals surface area contributed by atoms with Crippen LogP contribution in [0, 0.1) is 0 Å². The molecule has 1 aromatic rings. The minimum absolute atomic E-state index is 0.946. The molecule has 0 atom stereocenters. The van der Waals surface area contributed by atoms with Gasteiger partial charge in [-0.05, 0) is 42.2 Å². The second-order valence-corrected chi connectivity index (χ2v) is 4.67. The van der Waals surface area contributed by atoms with E-state index >= 15 is 0 Å². The van der Waals surface area contributed by atoms with Gasteiger partial charge in [-0.3, -0.25) is 4.68 Å². The van der Waals surface area contributed by atoms with Crippen LogP contribution in [-0.2, 0) is 19.4 Å². The van der Waals surface area contributed by atoms with Crippen molar-refractivity contribution in [3.05, 3.63) is 15.9 Å². The van der Waals surface area contributed by atoms with Gasteiger partial charge < -0.3 is 5.32 Å². The summed E-state index contributed by atoms with van der Waals surface area (Å²) in [6.07, 6.45) is 3.22. The summed E-state index contributed by atoms with van der Waals surface area (Å²) in [5.74, 6) is 0. The van der Waals surface area contributed by atoms with Crippen LogP contribution in [0.5, 0.6) is 0 Å². The van der Waals surface area contributed by atoms with Crippen LogP contribution in [0.3, 0.4) is 0 Å². The molecule has 0 radical (unpaired) electrons. The second kappa shape index (κ2) is 7.07. The largest absolute Gasteiger partial charge is 0.316 e. The molecule has 1 rings (SSSR count). The molecule has 0 saturated heterocycles. The van der Waals surface area contributed by atoms with Crippen molar-refractivity contribution in [1.29, 1.82) is 0 Å². The summed E-state index contributed by atoms with van der Waals surface area (Å²) >= 11 is 3.66. The summed E-state index contributed by atoms with van der Waals surface area (Å²) in [6.45, 7) is 9.55. The van der Waals surface area contributed by atoms with Gasteiger partial charge in [0.15, 0.2) is 0 Å². The van der Waals surface area contributed by atoms with E-state index in [9.17, 15) is 0 Å². The molecule has 1 N–H and O–H groups in total. The first-order chi connectivity index (χ1) is 7.74. The van der Waals surface area contributed by atoms with Gasteiger partial charge in [0.25, 0.3) is 0 Å². The van der Waals surface area contributed by atoms with E-state index in [2.05, 4.69) is 51.8 Å². The smallest absolute Gasteiger partial charge is 0.0766 e. The molecule has 92 valence electrons. The zero-order valence-corrected chi connectivity index (χ0v) is 12.1. The Morgan fingerprint density at radius 3 is 2.56 bits per heavy atom. The van der Waals surface area contributed by atoms with Gasteiger partial charge in [-0.1, -0.05) is 13.8 Å². The van der Waals surface area contributed by atoms with Crippen molar-refractivity contribution >= 4 is 15.9 Å². The number of rotatable bonds is 7. The first-order valence-corrected chi connectivity index (χ1v) is 6.98. The van der Waals surface area contributed by atoms with E-state index in [-0.39, 0.29) is 0 Å². The molecule has 1 heterocycles. The van der Waals surface area contributed by atoms with Gasteiger partial charge in [0.05, 0.1) is 15.9 Å². The molecule has 4 heteroatoms.